The standard InChI is InChI=1S/C22H27ClN6/c1-14(25)22-17-8-7-15(16(12-24)13-27-2)11-18(17)20(9-10-29(22)26)28-21-6-4-3-5-19(21)23/h3-8,11-13,20,28H,9-10,24-26H2,1-2H3/b16-12?,22-14-,27-13?. The molecule has 0 aromatic heterocycles. The van der Waals surface area contributed by atoms with E-state index in [1.165, 1.54) is 0 Å². The molecule has 1 aliphatic heterocycles. The van der Waals surface area contributed by atoms with Crippen LogP contribution in [0.3, 0.4) is 0 Å². The van der Waals surface area contributed by atoms with Gasteiger partial charge < -0.3 is 21.8 Å². The Morgan fingerprint density at radius 1 is 1.28 bits per heavy atom. The lowest BCUT2D eigenvalue weighted by Crippen LogP contribution is -2.31. The van der Waals surface area contributed by atoms with Crippen LogP contribution in [0, 0.1) is 0 Å². The predicted octanol–water partition coefficient (Wildman–Crippen LogP) is 3.72. The van der Waals surface area contributed by atoms with Crippen molar-refractivity contribution in [3.8, 4) is 0 Å². The van der Waals surface area contributed by atoms with Crippen molar-refractivity contribution < 1.29 is 0 Å². The molecule has 0 amide bonds. The summed E-state index contributed by atoms with van der Waals surface area (Å²) in [5, 5.41) is 5.97. The number of fused-ring (bicyclic) bond motifs is 1. The third-order valence-electron chi connectivity index (χ3n) is 4.99. The fraction of sp³-hybridized carbons (Fsp3) is 0.227. The lowest BCUT2D eigenvalue weighted by molar-refractivity contribution is 0.402. The number of nitrogens with zero attached hydrogens (tertiary/aromatic N) is 2. The lowest BCUT2D eigenvalue weighted by atomic mass is 9.92. The van der Waals surface area contributed by atoms with Gasteiger partial charge in [0.1, 0.15) is 0 Å². The zero-order chi connectivity index (χ0) is 21.0. The Balaban J connectivity index is 2.16. The van der Waals surface area contributed by atoms with E-state index in [1.807, 2.05) is 43.3 Å². The molecule has 0 saturated carbocycles. The molecule has 1 atom stereocenters. The van der Waals surface area contributed by atoms with Crippen LogP contribution in [0.4, 0.5) is 5.69 Å². The molecule has 0 aliphatic carbocycles. The minimum Gasteiger partial charge on any atom is -0.404 e. The number of nitrogens with one attached hydrogen (secondary N) is 1. The second kappa shape index (κ2) is 9.03. The summed E-state index contributed by atoms with van der Waals surface area (Å²) in [6.45, 7) is 2.51. The van der Waals surface area contributed by atoms with Crippen LogP contribution in [0.25, 0.3) is 11.3 Å². The van der Waals surface area contributed by atoms with E-state index in [9.17, 15) is 0 Å². The van der Waals surface area contributed by atoms with Crippen LogP contribution in [0.15, 0.2) is 59.4 Å². The quantitative estimate of drug-likeness (QED) is 0.454. The number of hydrogen-bond donors (Lipinski definition) is 4. The zero-order valence-corrected chi connectivity index (χ0v) is 17.4. The van der Waals surface area contributed by atoms with Gasteiger partial charge in [-0.05, 0) is 42.7 Å². The van der Waals surface area contributed by atoms with Crippen LogP contribution in [0.5, 0.6) is 0 Å². The first-order chi connectivity index (χ1) is 14.0. The summed E-state index contributed by atoms with van der Waals surface area (Å²) >= 11 is 6.39. The zero-order valence-electron chi connectivity index (χ0n) is 16.7. The van der Waals surface area contributed by atoms with Crippen molar-refractivity contribution in [2.45, 2.75) is 19.4 Å². The smallest absolute Gasteiger partial charge is 0.0777 e. The van der Waals surface area contributed by atoms with E-state index in [1.54, 1.807) is 24.5 Å². The maximum absolute atomic E-state index is 6.39. The Bertz CT molecular complexity index is 975. The fourth-order valence-corrected chi connectivity index (χ4v) is 3.83. The summed E-state index contributed by atoms with van der Waals surface area (Å²) in [6.07, 6.45) is 4.08. The Morgan fingerprint density at radius 3 is 2.69 bits per heavy atom. The van der Waals surface area contributed by atoms with Crippen LogP contribution in [0.2, 0.25) is 5.02 Å². The molecular formula is C22H27ClN6. The molecule has 1 unspecified atom stereocenters. The number of allylic oxidation sites excluding steroid dienone is 2. The first kappa shape index (κ1) is 20.8. The highest BCUT2D eigenvalue weighted by Gasteiger charge is 2.26. The molecule has 0 saturated heterocycles. The molecule has 0 radical (unpaired) electrons. The van der Waals surface area contributed by atoms with E-state index in [0.717, 1.165) is 40.1 Å². The number of halogens is 1. The van der Waals surface area contributed by atoms with E-state index in [4.69, 9.17) is 28.9 Å². The predicted molar refractivity (Wildman–Crippen MR) is 123 cm³/mol. The lowest BCUT2D eigenvalue weighted by Gasteiger charge is -2.22. The molecule has 0 fully saturated rings. The highest BCUT2D eigenvalue weighted by molar-refractivity contribution is 6.33. The molecule has 2 aromatic rings. The third kappa shape index (κ3) is 4.39. The first-order valence-electron chi connectivity index (χ1n) is 9.44. The molecule has 3 rings (SSSR count). The van der Waals surface area contributed by atoms with Gasteiger partial charge in [0, 0.05) is 42.8 Å². The van der Waals surface area contributed by atoms with Gasteiger partial charge in [-0.2, -0.15) is 0 Å². The second-order valence-electron chi connectivity index (χ2n) is 7.00. The number of aliphatic imine (C=N–C) groups is 1. The van der Waals surface area contributed by atoms with E-state index < -0.39 is 0 Å². The maximum Gasteiger partial charge on any atom is 0.0777 e. The summed E-state index contributed by atoms with van der Waals surface area (Å²) < 4.78 is 0. The minimum absolute atomic E-state index is 0.00894. The average molecular weight is 411 g/mol. The molecular weight excluding hydrogens is 384 g/mol. The summed E-state index contributed by atoms with van der Waals surface area (Å²) in [5.74, 6) is 6.34. The first-order valence-corrected chi connectivity index (χ1v) is 9.82. The molecule has 152 valence electrons. The van der Waals surface area contributed by atoms with Gasteiger partial charge in [-0.1, -0.05) is 35.9 Å². The van der Waals surface area contributed by atoms with Gasteiger partial charge in [0.2, 0.25) is 0 Å². The maximum atomic E-state index is 6.39. The number of rotatable bonds is 4. The van der Waals surface area contributed by atoms with E-state index in [0.29, 0.717) is 17.3 Å². The minimum atomic E-state index is -0.00894. The molecule has 6 nitrogen and oxygen atoms in total. The van der Waals surface area contributed by atoms with E-state index >= 15 is 0 Å². The van der Waals surface area contributed by atoms with E-state index in [2.05, 4.69) is 16.4 Å². The second-order valence-corrected chi connectivity index (χ2v) is 7.41. The van der Waals surface area contributed by atoms with Crippen molar-refractivity contribution >= 4 is 34.8 Å². The topological polar surface area (TPSA) is 106 Å². The van der Waals surface area contributed by atoms with Crippen LogP contribution in [-0.2, 0) is 0 Å². The SMILES string of the molecule is CN=CC(=CN)c1ccc2c(c1)C(Nc1ccccc1Cl)CCN(N)/C2=C(/C)N. The Morgan fingerprint density at radius 2 is 2.03 bits per heavy atom. The normalized spacial score (nSPS) is 19.1. The van der Waals surface area contributed by atoms with Crippen LogP contribution in [-0.4, -0.2) is 24.8 Å². The van der Waals surface area contributed by atoms with Gasteiger partial charge in [-0.15, -0.1) is 0 Å². The fourth-order valence-electron chi connectivity index (χ4n) is 3.64. The van der Waals surface area contributed by atoms with Gasteiger partial charge in [-0.3, -0.25) is 4.99 Å². The largest absolute Gasteiger partial charge is 0.404 e. The molecule has 0 spiro atoms. The highest BCUT2D eigenvalue weighted by atomic mass is 35.5. The number of benzene rings is 2. The van der Waals surface area contributed by atoms with Crippen LogP contribution < -0.4 is 22.6 Å². The summed E-state index contributed by atoms with van der Waals surface area (Å²) in [4.78, 5) is 4.10. The summed E-state index contributed by atoms with van der Waals surface area (Å²) in [5.41, 5.74) is 18.3. The molecule has 29 heavy (non-hydrogen) atoms. The van der Waals surface area contributed by atoms with Crippen molar-refractivity contribution in [2.24, 2.45) is 22.3 Å². The van der Waals surface area contributed by atoms with Gasteiger partial charge in [0.25, 0.3) is 0 Å². The average Bonchev–Trinajstić information content (AvgIpc) is 2.84. The summed E-state index contributed by atoms with van der Waals surface area (Å²) in [6, 6.07) is 13.9. The number of hydrogen-bond acceptors (Lipinski definition) is 6. The van der Waals surface area contributed by atoms with Crippen LogP contribution in [0.1, 0.15) is 36.1 Å². The molecule has 0 bridgehead atoms. The number of hydrazine groups is 1. The van der Waals surface area contributed by atoms with Gasteiger partial charge in [0.05, 0.1) is 22.4 Å². The number of para-hydroxylation sites is 1. The van der Waals surface area contributed by atoms with Crippen LogP contribution >= 0.6 is 11.6 Å². The monoisotopic (exact) mass is 410 g/mol. The molecule has 2 aromatic carbocycles. The molecule has 7 N–H and O–H groups in total. The van der Waals surface area contributed by atoms with Crippen molar-refractivity contribution in [1.29, 1.82) is 0 Å². The number of nitrogens with two attached hydrogens (primary N) is 3. The Kier molecular flexibility index (Phi) is 6.46. The molecule has 7 heteroatoms. The molecule has 1 heterocycles. The van der Waals surface area contributed by atoms with Crippen molar-refractivity contribution in [1.82, 2.24) is 5.01 Å². The van der Waals surface area contributed by atoms with Crippen molar-refractivity contribution in [3.05, 3.63) is 76.1 Å². The van der Waals surface area contributed by atoms with Gasteiger partial charge in [0.15, 0.2) is 0 Å². The number of anilines is 1. The Labute approximate surface area is 176 Å². The Hall–Kier alpha value is -2.96. The van der Waals surface area contributed by atoms with Gasteiger partial charge >= 0.3 is 0 Å². The highest BCUT2D eigenvalue weighted by Crippen LogP contribution is 2.37. The van der Waals surface area contributed by atoms with E-state index in [-0.39, 0.29) is 6.04 Å². The summed E-state index contributed by atoms with van der Waals surface area (Å²) in [7, 11) is 1.72. The van der Waals surface area contributed by atoms with Crippen molar-refractivity contribution in [3.63, 3.8) is 0 Å². The molecule has 1 aliphatic rings. The third-order valence-corrected chi connectivity index (χ3v) is 5.32. The van der Waals surface area contributed by atoms with Gasteiger partial charge in [-0.25, -0.2) is 5.84 Å². The van der Waals surface area contributed by atoms with Crippen molar-refractivity contribution in [2.75, 3.05) is 18.9 Å².